The summed E-state index contributed by atoms with van der Waals surface area (Å²) in [5.74, 6) is 0. The van der Waals surface area contributed by atoms with Gasteiger partial charge < -0.3 is 20.1 Å². The van der Waals surface area contributed by atoms with Crippen LogP contribution in [-0.4, -0.2) is 48.3 Å². The van der Waals surface area contributed by atoms with Gasteiger partial charge in [-0.15, -0.1) is 0 Å². The predicted molar refractivity (Wildman–Crippen MR) is 101 cm³/mol. The lowest BCUT2D eigenvalue weighted by molar-refractivity contribution is -0.0853. The van der Waals surface area contributed by atoms with Crippen molar-refractivity contribution in [2.75, 3.05) is 26.4 Å². The summed E-state index contributed by atoms with van der Waals surface area (Å²) in [5.41, 5.74) is 3.58. The second-order valence-corrected chi connectivity index (χ2v) is 7.06. The van der Waals surface area contributed by atoms with E-state index in [4.69, 9.17) is 9.47 Å². The van der Waals surface area contributed by atoms with E-state index >= 15 is 0 Å². The summed E-state index contributed by atoms with van der Waals surface area (Å²) in [6.07, 6.45) is 4.80. The predicted octanol–water partition coefficient (Wildman–Crippen LogP) is 2.02. The normalized spacial score (nSPS) is 22.1. The summed E-state index contributed by atoms with van der Waals surface area (Å²) in [6, 6.07) is 10.2. The van der Waals surface area contributed by atoms with Crippen molar-refractivity contribution in [1.82, 2.24) is 20.4 Å². The number of benzene rings is 1. The molecule has 0 bridgehead atoms. The number of nitrogens with one attached hydrogen (secondary N) is 2. The molecule has 1 aromatic carbocycles. The van der Waals surface area contributed by atoms with E-state index in [1.54, 1.807) is 0 Å². The second kappa shape index (κ2) is 8.54. The Morgan fingerprint density at radius 1 is 1.26 bits per heavy atom. The molecule has 4 rings (SSSR count). The van der Waals surface area contributed by atoms with E-state index in [0.29, 0.717) is 26.4 Å². The molecule has 0 spiro atoms. The van der Waals surface area contributed by atoms with Crippen molar-refractivity contribution in [1.29, 1.82) is 0 Å². The highest BCUT2D eigenvalue weighted by atomic mass is 16.6. The van der Waals surface area contributed by atoms with Crippen LogP contribution in [0.3, 0.4) is 0 Å². The van der Waals surface area contributed by atoms with Crippen molar-refractivity contribution < 1.29 is 14.3 Å². The van der Waals surface area contributed by atoms with Crippen LogP contribution in [0.4, 0.5) is 4.79 Å². The lowest BCUT2D eigenvalue weighted by Crippen LogP contribution is -2.45. The van der Waals surface area contributed by atoms with Crippen LogP contribution < -0.4 is 10.6 Å². The summed E-state index contributed by atoms with van der Waals surface area (Å²) in [6.45, 7) is 2.95. The standard InChI is InChI=1S/C20H26N4O3/c25-20(21-11-16-14-26-9-10-27-16)23-18-7-4-8-19-17(18)12-22-24(19)13-15-5-2-1-3-6-15/h1-3,5-6,12,16,18H,4,7-11,13-14H2,(H2,21,23,25)/t16-,18+/m0/s1. The minimum Gasteiger partial charge on any atom is -0.376 e. The maximum Gasteiger partial charge on any atom is 0.315 e. The third-order valence-corrected chi connectivity index (χ3v) is 5.12. The number of ether oxygens (including phenoxy) is 2. The molecule has 1 aliphatic heterocycles. The van der Waals surface area contributed by atoms with Gasteiger partial charge in [-0.05, 0) is 24.8 Å². The van der Waals surface area contributed by atoms with Crippen molar-refractivity contribution in [3.05, 3.63) is 53.3 Å². The summed E-state index contributed by atoms with van der Waals surface area (Å²) >= 11 is 0. The average molecular weight is 370 g/mol. The highest BCUT2D eigenvalue weighted by Crippen LogP contribution is 2.29. The first kappa shape index (κ1) is 18.0. The fourth-order valence-electron chi connectivity index (χ4n) is 3.73. The van der Waals surface area contributed by atoms with Crippen molar-refractivity contribution in [2.24, 2.45) is 0 Å². The molecule has 0 radical (unpaired) electrons. The van der Waals surface area contributed by atoms with Gasteiger partial charge in [0.1, 0.15) is 0 Å². The minimum atomic E-state index is -0.169. The number of carbonyl (C=O) groups is 1. The Labute approximate surface area is 159 Å². The Bertz CT molecular complexity index is 756. The molecule has 7 heteroatoms. The molecule has 1 saturated heterocycles. The van der Waals surface area contributed by atoms with Gasteiger partial charge in [-0.3, -0.25) is 4.68 Å². The summed E-state index contributed by atoms with van der Waals surface area (Å²) in [4.78, 5) is 12.3. The number of rotatable bonds is 5. The first-order valence-electron chi connectivity index (χ1n) is 9.62. The maximum absolute atomic E-state index is 12.3. The number of hydrogen-bond donors (Lipinski definition) is 2. The molecule has 27 heavy (non-hydrogen) atoms. The van der Waals surface area contributed by atoms with E-state index in [1.807, 2.05) is 24.4 Å². The van der Waals surface area contributed by atoms with Crippen LogP contribution in [-0.2, 0) is 22.4 Å². The average Bonchev–Trinajstić information content (AvgIpc) is 3.12. The topological polar surface area (TPSA) is 77.4 Å². The molecule has 2 amide bonds. The van der Waals surface area contributed by atoms with Crippen LogP contribution in [0.15, 0.2) is 36.5 Å². The zero-order valence-electron chi connectivity index (χ0n) is 15.4. The summed E-state index contributed by atoms with van der Waals surface area (Å²) < 4.78 is 13.0. The van der Waals surface area contributed by atoms with Gasteiger partial charge in [-0.2, -0.15) is 5.10 Å². The third-order valence-electron chi connectivity index (χ3n) is 5.12. The molecule has 2 aromatic rings. The molecular weight excluding hydrogens is 344 g/mol. The van der Waals surface area contributed by atoms with Crippen molar-refractivity contribution >= 4 is 6.03 Å². The van der Waals surface area contributed by atoms with Crippen LogP contribution in [0.5, 0.6) is 0 Å². The van der Waals surface area contributed by atoms with Gasteiger partial charge in [-0.1, -0.05) is 30.3 Å². The van der Waals surface area contributed by atoms with Crippen molar-refractivity contribution in [2.45, 2.75) is 38.0 Å². The van der Waals surface area contributed by atoms with Gasteiger partial charge in [0, 0.05) is 17.8 Å². The Morgan fingerprint density at radius 3 is 2.96 bits per heavy atom. The van der Waals surface area contributed by atoms with E-state index in [2.05, 4.69) is 32.5 Å². The number of urea groups is 1. The largest absolute Gasteiger partial charge is 0.376 e. The molecule has 2 aliphatic rings. The fraction of sp³-hybridized carbons (Fsp3) is 0.500. The SMILES string of the molecule is O=C(NC[C@H]1COCCO1)N[C@@H]1CCCc2c1cnn2Cc1ccccc1. The first-order chi connectivity index (χ1) is 13.3. The van der Waals surface area contributed by atoms with Gasteiger partial charge >= 0.3 is 6.03 Å². The number of aromatic nitrogens is 2. The Hall–Kier alpha value is -2.38. The summed E-state index contributed by atoms with van der Waals surface area (Å²) in [5, 5.41) is 10.6. The molecule has 1 fully saturated rings. The third kappa shape index (κ3) is 4.48. The van der Waals surface area contributed by atoms with E-state index < -0.39 is 0 Å². The van der Waals surface area contributed by atoms with E-state index in [1.165, 1.54) is 11.3 Å². The number of amides is 2. The highest BCUT2D eigenvalue weighted by Gasteiger charge is 2.26. The van der Waals surface area contributed by atoms with Crippen LogP contribution in [0.2, 0.25) is 0 Å². The smallest absolute Gasteiger partial charge is 0.315 e. The fourth-order valence-corrected chi connectivity index (χ4v) is 3.73. The summed E-state index contributed by atoms with van der Waals surface area (Å²) in [7, 11) is 0. The van der Waals surface area contributed by atoms with Gasteiger partial charge in [-0.25, -0.2) is 4.79 Å². The van der Waals surface area contributed by atoms with Crippen LogP contribution >= 0.6 is 0 Å². The Morgan fingerprint density at radius 2 is 2.15 bits per heavy atom. The highest BCUT2D eigenvalue weighted by molar-refractivity contribution is 5.74. The lowest BCUT2D eigenvalue weighted by Gasteiger charge is -2.26. The molecule has 0 saturated carbocycles. The molecule has 7 nitrogen and oxygen atoms in total. The first-order valence-corrected chi connectivity index (χ1v) is 9.62. The van der Waals surface area contributed by atoms with Crippen molar-refractivity contribution in [3.63, 3.8) is 0 Å². The lowest BCUT2D eigenvalue weighted by atomic mass is 9.93. The molecule has 0 unspecified atom stereocenters. The van der Waals surface area contributed by atoms with Crippen LogP contribution in [0.25, 0.3) is 0 Å². The van der Waals surface area contributed by atoms with Gasteiger partial charge in [0.2, 0.25) is 0 Å². The van der Waals surface area contributed by atoms with Crippen LogP contribution in [0, 0.1) is 0 Å². The molecule has 1 aromatic heterocycles. The number of nitrogens with zero attached hydrogens (tertiary/aromatic N) is 2. The zero-order valence-corrected chi connectivity index (χ0v) is 15.4. The zero-order chi connectivity index (χ0) is 18.5. The molecule has 1 aliphatic carbocycles. The Kier molecular flexibility index (Phi) is 5.69. The van der Waals surface area contributed by atoms with E-state index in [-0.39, 0.29) is 18.2 Å². The molecular formula is C20H26N4O3. The molecule has 2 heterocycles. The minimum absolute atomic E-state index is 0.00166. The van der Waals surface area contributed by atoms with Crippen LogP contribution in [0.1, 0.15) is 35.7 Å². The molecule has 2 atom stereocenters. The second-order valence-electron chi connectivity index (χ2n) is 7.06. The maximum atomic E-state index is 12.3. The molecule has 144 valence electrons. The van der Waals surface area contributed by atoms with E-state index in [9.17, 15) is 4.79 Å². The van der Waals surface area contributed by atoms with Gasteiger partial charge in [0.05, 0.1) is 44.7 Å². The molecule has 2 N–H and O–H groups in total. The number of carbonyl (C=O) groups excluding carboxylic acids is 1. The number of fused-ring (bicyclic) bond motifs is 1. The quantitative estimate of drug-likeness (QED) is 0.844. The monoisotopic (exact) mass is 370 g/mol. The van der Waals surface area contributed by atoms with Gasteiger partial charge in [0.15, 0.2) is 0 Å². The number of hydrogen-bond acceptors (Lipinski definition) is 4. The van der Waals surface area contributed by atoms with Crippen molar-refractivity contribution in [3.8, 4) is 0 Å². The van der Waals surface area contributed by atoms with E-state index in [0.717, 1.165) is 31.4 Å². The Balaban J connectivity index is 1.36. The van der Waals surface area contributed by atoms with Gasteiger partial charge in [0.25, 0.3) is 0 Å².